The molecule has 5 nitrogen and oxygen atoms in total. The van der Waals surface area contributed by atoms with Gasteiger partial charge in [0.15, 0.2) is 0 Å². The van der Waals surface area contributed by atoms with E-state index in [4.69, 9.17) is 9.15 Å². The van der Waals surface area contributed by atoms with E-state index in [9.17, 15) is 15.0 Å². The van der Waals surface area contributed by atoms with Gasteiger partial charge in [-0.1, -0.05) is 13.8 Å². The maximum Gasteiger partial charge on any atom is 0.335 e. The van der Waals surface area contributed by atoms with Crippen molar-refractivity contribution in [3.8, 4) is 0 Å². The molecule has 1 aromatic rings. The second kappa shape index (κ2) is 5.74. The number of aliphatic hydroxyl groups is 2. The van der Waals surface area contributed by atoms with Crippen LogP contribution in [0.25, 0.3) is 0 Å². The van der Waals surface area contributed by atoms with Crippen LogP contribution in [0.3, 0.4) is 0 Å². The molecule has 10 atom stereocenters. The summed E-state index contributed by atoms with van der Waals surface area (Å²) in [4.78, 5) is 11.5. The fourth-order valence-electron chi connectivity index (χ4n) is 8.85. The Kier molecular flexibility index (Phi) is 3.68. The summed E-state index contributed by atoms with van der Waals surface area (Å²) < 4.78 is 11.7. The van der Waals surface area contributed by atoms with Crippen molar-refractivity contribution in [1.29, 1.82) is 0 Å². The topological polar surface area (TPSA) is 83.2 Å². The van der Waals surface area contributed by atoms with Crippen molar-refractivity contribution in [1.82, 2.24) is 0 Å². The molecule has 2 heterocycles. The molecule has 1 spiro atoms. The fourth-order valence-corrected chi connectivity index (χ4v) is 8.85. The summed E-state index contributed by atoms with van der Waals surface area (Å²) in [6, 6.07) is 3.41. The summed E-state index contributed by atoms with van der Waals surface area (Å²) in [6.45, 7) is 4.67. The predicted molar refractivity (Wildman–Crippen MR) is 106 cm³/mol. The molecule has 1 aromatic heterocycles. The number of fused-ring (bicyclic) bond motifs is 3. The molecule has 29 heavy (non-hydrogen) atoms. The van der Waals surface area contributed by atoms with E-state index in [2.05, 4.69) is 13.8 Å². The lowest BCUT2D eigenvalue weighted by Crippen LogP contribution is -2.63. The second-order valence-corrected chi connectivity index (χ2v) is 11.1. The Morgan fingerprint density at radius 2 is 1.93 bits per heavy atom. The summed E-state index contributed by atoms with van der Waals surface area (Å²) in [5.74, 6) is 1.37. The quantitative estimate of drug-likeness (QED) is 0.707. The van der Waals surface area contributed by atoms with Crippen molar-refractivity contribution >= 4 is 0 Å². The van der Waals surface area contributed by atoms with Crippen molar-refractivity contribution in [2.24, 2.45) is 28.6 Å². The van der Waals surface area contributed by atoms with Gasteiger partial charge in [-0.15, -0.1) is 0 Å². The molecule has 1 aliphatic heterocycles. The highest BCUT2D eigenvalue weighted by Crippen LogP contribution is 2.77. The first kappa shape index (κ1) is 18.6. The van der Waals surface area contributed by atoms with Crippen LogP contribution >= 0.6 is 0 Å². The molecule has 0 amide bonds. The lowest BCUT2D eigenvalue weighted by Gasteiger charge is -2.62. The van der Waals surface area contributed by atoms with Crippen LogP contribution in [0.1, 0.15) is 70.3 Å². The normalized spacial score (nSPS) is 55.4. The third kappa shape index (κ3) is 2.19. The van der Waals surface area contributed by atoms with Crippen LogP contribution in [-0.4, -0.2) is 34.1 Å². The predicted octanol–water partition coefficient (Wildman–Crippen LogP) is 3.23. The molecule has 6 rings (SSSR count). The SMILES string of the molecule is C[C@]12CC[C@H](O)C[C@H]1CC[C@@H]1[C@@H]2[C@H](O)C[C@]2(C)[C@@H](c3ccc(=O)oc3)C[C@H]3O[C@]132. The molecule has 158 valence electrons. The fraction of sp³-hybridized carbons (Fsp3) is 0.792. The van der Waals surface area contributed by atoms with E-state index in [-0.39, 0.29) is 52.2 Å². The summed E-state index contributed by atoms with van der Waals surface area (Å²) in [5, 5.41) is 21.8. The van der Waals surface area contributed by atoms with E-state index in [1.165, 1.54) is 6.07 Å². The van der Waals surface area contributed by atoms with Gasteiger partial charge < -0.3 is 19.4 Å². The standard InChI is InChI=1S/C24H32O5/c1-22-8-7-15(25)9-14(22)4-5-16-21(22)18(26)11-23(2)17(10-19-24(16,23)29-19)13-3-6-20(27)28-12-13/h3,6,12,14-19,21,25-26H,4-5,7-11H2,1-2H3/t14-,15+,16-,17-,18-,19-,21-,22+,23-,24-/m1/s1. The third-order valence-corrected chi connectivity index (χ3v) is 10.1. The molecular formula is C24H32O5. The maximum absolute atomic E-state index is 11.5. The minimum Gasteiger partial charge on any atom is -0.431 e. The Morgan fingerprint density at radius 1 is 1.10 bits per heavy atom. The minimum atomic E-state index is -0.347. The maximum atomic E-state index is 11.5. The molecule has 5 aliphatic rings. The van der Waals surface area contributed by atoms with E-state index in [0.717, 1.165) is 50.5 Å². The van der Waals surface area contributed by atoms with Crippen LogP contribution in [-0.2, 0) is 4.74 Å². The van der Waals surface area contributed by atoms with Gasteiger partial charge >= 0.3 is 5.63 Å². The van der Waals surface area contributed by atoms with Crippen molar-refractivity contribution in [3.63, 3.8) is 0 Å². The van der Waals surface area contributed by atoms with E-state index in [0.29, 0.717) is 11.8 Å². The van der Waals surface area contributed by atoms with Gasteiger partial charge in [0.1, 0.15) is 5.60 Å². The molecule has 1 saturated heterocycles. The molecule has 4 saturated carbocycles. The Labute approximate surface area is 171 Å². The average Bonchev–Trinajstić information content (AvgIpc) is 3.35. The van der Waals surface area contributed by atoms with Gasteiger partial charge in [-0.05, 0) is 85.7 Å². The highest BCUT2D eigenvalue weighted by atomic mass is 16.6. The lowest BCUT2D eigenvalue weighted by molar-refractivity contribution is -0.186. The van der Waals surface area contributed by atoms with Crippen LogP contribution in [0.2, 0.25) is 0 Å². The van der Waals surface area contributed by atoms with E-state index in [1.807, 2.05) is 6.07 Å². The number of rotatable bonds is 1. The van der Waals surface area contributed by atoms with Crippen molar-refractivity contribution < 1.29 is 19.4 Å². The first-order valence-electron chi connectivity index (χ1n) is 11.4. The van der Waals surface area contributed by atoms with Crippen molar-refractivity contribution in [2.75, 3.05) is 0 Å². The second-order valence-electron chi connectivity index (χ2n) is 11.1. The van der Waals surface area contributed by atoms with Gasteiger partial charge in [-0.3, -0.25) is 0 Å². The monoisotopic (exact) mass is 400 g/mol. The number of hydrogen-bond donors (Lipinski definition) is 2. The summed E-state index contributed by atoms with van der Waals surface area (Å²) in [7, 11) is 0. The first-order chi connectivity index (χ1) is 13.8. The lowest BCUT2D eigenvalue weighted by atomic mass is 9.43. The first-order valence-corrected chi connectivity index (χ1v) is 11.4. The Hall–Kier alpha value is -1.17. The smallest absolute Gasteiger partial charge is 0.335 e. The van der Waals surface area contributed by atoms with E-state index in [1.54, 1.807) is 6.26 Å². The molecule has 0 radical (unpaired) electrons. The zero-order valence-electron chi connectivity index (χ0n) is 17.3. The van der Waals surface area contributed by atoms with Gasteiger partial charge in [0.25, 0.3) is 0 Å². The number of aliphatic hydroxyl groups excluding tert-OH is 2. The molecule has 5 heteroatoms. The van der Waals surface area contributed by atoms with Gasteiger partial charge in [0, 0.05) is 11.5 Å². The van der Waals surface area contributed by atoms with Gasteiger partial charge in [-0.2, -0.15) is 0 Å². The molecular weight excluding hydrogens is 368 g/mol. The van der Waals surface area contributed by atoms with E-state index < -0.39 is 0 Å². The summed E-state index contributed by atoms with van der Waals surface area (Å²) in [6.07, 6.45) is 7.96. The zero-order chi connectivity index (χ0) is 20.2. The number of hydrogen-bond acceptors (Lipinski definition) is 5. The molecule has 4 aliphatic carbocycles. The van der Waals surface area contributed by atoms with Crippen LogP contribution in [0, 0.1) is 28.6 Å². The average molecular weight is 401 g/mol. The molecule has 0 unspecified atom stereocenters. The number of ether oxygens (including phenoxy) is 1. The molecule has 0 aromatic carbocycles. The van der Waals surface area contributed by atoms with Crippen LogP contribution in [0.15, 0.2) is 27.6 Å². The van der Waals surface area contributed by atoms with Crippen molar-refractivity contribution in [2.45, 2.75) is 88.6 Å². The Balaban J connectivity index is 1.39. The highest BCUT2D eigenvalue weighted by molar-refractivity contribution is 5.35. The summed E-state index contributed by atoms with van der Waals surface area (Å²) >= 11 is 0. The van der Waals surface area contributed by atoms with Crippen LogP contribution < -0.4 is 5.63 Å². The van der Waals surface area contributed by atoms with E-state index >= 15 is 0 Å². The van der Waals surface area contributed by atoms with Crippen LogP contribution in [0.5, 0.6) is 0 Å². The zero-order valence-corrected chi connectivity index (χ0v) is 17.3. The Morgan fingerprint density at radius 3 is 2.69 bits per heavy atom. The largest absolute Gasteiger partial charge is 0.431 e. The Bertz CT molecular complexity index is 875. The molecule has 2 N–H and O–H groups in total. The van der Waals surface area contributed by atoms with Crippen molar-refractivity contribution in [3.05, 3.63) is 34.4 Å². The van der Waals surface area contributed by atoms with Gasteiger partial charge in [-0.25, -0.2) is 4.79 Å². The van der Waals surface area contributed by atoms with Crippen LogP contribution in [0.4, 0.5) is 0 Å². The van der Waals surface area contributed by atoms with Gasteiger partial charge in [0.2, 0.25) is 0 Å². The molecule has 0 bridgehead atoms. The highest BCUT2D eigenvalue weighted by Gasteiger charge is 2.81. The minimum absolute atomic E-state index is 0.0891. The molecule has 5 fully saturated rings. The summed E-state index contributed by atoms with van der Waals surface area (Å²) in [5.41, 5.74) is 0.541. The number of epoxide rings is 1. The third-order valence-electron chi connectivity index (χ3n) is 10.1. The van der Waals surface area contributed by atoms with Gasteiger partial charge in [0.05, 0.1) is 24.6 Å².